The van der Waals surface area contributed by atoms with Gasteiger partial charge in [-0.3, -0.25) is 0 Å². The Hall–Kier alpha value is -1.83. The first-order valence-corrected chi connectivity index (χ1v) is 5.30. The number of allylic oxidation sites excluding steroid dienone is 1. The van der Waals surface area contributed by atoms with Crippen LogP contribution in [-0.2, 0) is 16.1 Å². The largest absolute Gasteiger partial charge is 0.457 e. The molecule has 0 aromatic heterocycles. The number of benzene rings is 1. The molecule has 0 aliphatic rings. The van der Waals surface area contributed by atoms with Gasteiger partial charge in [0.05, 0.1) is 5.57 Å². The van der Waals surface area contributed by atoms with Crippen molar-refractivity contribution < 1.29 is 9.53 Å². The average Bonchev–Trinajstić information content (AvgIpc) is 2.34. The number of esters is 1. The van der Waals surface area contributed by atoms with Crippen molar-refractivity contribution in [3.63, 3.8) is 0 Å². The number of hydrogen-bond donors (Lipinski definition) is 0. The zero-order valence-corrected chi connectivity index (χ0v) is 9.48. The fraction of sp³-hybridized carbons (Fsp3) is 0.214. The van der Waals surface area contributed by atoms with Crippen LogP contribution in [0.4, 0.5) is 0 Å². The van der Waals surface area contributed by atoms with E-state index < -0.39 is 0 Å². The van der Waals surface area contributed by atoms with Crippen molar-refractivity contribution in [2.75, 3.05) is 0 Å². The van der Waals surface area contributed by atoms with Crippen LogP contribution in [-0.4, -0.2) is 5.97 Å². The second-order valence-electron chi connectivity index (χ2n) is 3.40. The first kappa shape index (κ1) is 12.2. The number of hydrogen-bond acceptors (Lipinski definition) is 2. The Morgan fingerprint density at radius 3 is 2.69 bits per heavy atom. The monoisotopic (exact) mass is 216 g/mol. The molecule has 0 aliphatic carbocycles. The van der Waals surface area contributed by atoms with E-state index in [1.165, 1.54) is 0 Å². The minimum atomic E-state index is -0.367. The van der Waals surface area contributed by atoms with Gasteiger partial charge in [-0.2, -0.15) is 0 Å². The van der Waals surface area contributed by atoms with E-state index in [4.69, 9.17) is 4.74 Å². The molecule has 2 heteroatoms. The summed E-state index contributed by atoms with van der Waals surface area (Å²) in [6.07, 6.45) is 4.45. The van der Waals surface area contributed by atoms with Gasteiger partial charge in [-0.05, 0) is 12.0 Å². The van der Waals surface area contributed by atoms with Crippen molar-refractivity contribution in [3.8, 4) is 0 Å². The number of ether oxygens (including phenoxy) is 1. The van der Waals surface area contributed by atoms with Gasteiger partial charge in [-0.1, -0.05) is 56.0 Å². The van der Waals surface area contributed by atoms with Gasteiger partial charge in [0.25, 0.3) is 0 Å². The van der Waals surface area contributed by atoms with Crippen LogP contribution in [0, 0.1) is 0 Å². The van der Waals surface area contributed by atoms with Gasteiger partial charge in [0.15, 0.2) is 0 Å². The molecule has 0 spiro atoms. The maximum absolute atomic E-state index is 11.4. The van der Waals surface area contributed by atoms with E-state index >= 15 is 0 Å². The lowest BCUT2D eigenvalue weighted by Crippen LogP contribution is -2.05. The summed E-state index contributed by atoms with van der Waals surface area (Å²) < 4.78 is 5.10. The number of carbonyl (C=O) groups excluding carboxylic acids is 1. The predicted octanol–water partition coefficient (Wildman–Crippen LogP) is 3.25. The van der Waals surface area contributed by atoms with E-state index in [0.717, 1.165) is 12.0 Å². The first-order chi connectivity index (χ1) is 7.74. The first-order valence-electron chi connectivity index (χ1n) is 5.30. The van der Waals surface area contributed by atoms with E-state index in [-0.39, 0.29) is 5.97 Å². The predicted molar refractivity (Wildman–Crippen MR) is 64.8 cm³/mol. The van der Waals surface area contributed by atoms with Crippen molar-refractivity contribution in [1.82, 2.24) is 0 Å². The van der Waals surface area contributed by atoms with Crippen LogP contribution in [0.3, 0.4) is 0 Å². The van der Waals surface area contributed by atoms with Gasteiger partial charge in [0.2, 0.25) is 0 Å². The topological polar surface area (TPSA) is 26.3 Å². The normalized spacial score (nSPS) is 10.3. The minimum absolute atomic E-state index is 0.290. The van der Waals surface area contributed by atoms with Crippen LogP contribution >= 0.6 is 0 Å². The maximum atomic E-state index is 11.4. The van der Waals surface area contributed by atoms with E-state index in [1.54, 1.807) is 6.08 Å². The van der Waals surface area contributed by atoms with Gasteiger partial charge in [0, 0.05) is 0 Å². The molecule has 0 fully saturated rings. The zero-order chi connectivity index (χ0) is 11.8. The van der Waals surface area contributed by atoms with Crippen LogP contribution in [0.25, 0.3) is 0 Å². The molecule has 2 nitrogen and oxygen atoms in total. The molecule has 1 aromatic rings. The van der Waals surface area contributed by atoms with E-state index in [9.17, 15) is 4.79 Å². The highest BCUT2D eigenvalue weighted by Crippen LogP contribution is 2.04. The fourth-order valence-electron chi connectivity index (χ4n) is 1.14. The summed E-state index contributed by atoms with van der Waals surface area (Å²) in [7, 11) is 0. The summed E-state index contributed by atoms with van der Waals surface area (Å²) in [4.78, 5) is 11.4. The molecule has 84 valence electrons. The van der Waals surface area contributed by atoms with Crippen molar-refractivity contribution in [2.45, 2.75) is 20.0 Å². The molecular weight excluding hydrogens is 200 g/mol. The maximum Gasteiger partial charge on any atom is 0.337 e. The SMILES string of the molecule is C=C(/C=C\CC)C(=O)OCc1ccccc1. The van der Waals surface area contributed by atoms with Gasteiger partial charge in [0.1, 0.15) is 6.61 Å². The minimum Gasteiger partial charge on any atom is -0.457 e. The van der Waals surface area contributed by atoms with Gasteiger partial charge in [-0.25, -0.2) is 4.79 Å². The Morgan fingerprint density at radius 1 is 1.38 bits per heavy atom. The molecule has 0 saturated carbocycles. The molecule has 0 aliphatic heterocycles. The van der Waals surface area contributed by atoms with Crippen LogP contribution in [0.15, 0.2) is 54.6 Å². The molecule has 0 heterocycles. The molecule has 0 unspecified atom stereocenters. The Labute approximate surface area is 96.2 Å². The summed E-state index contributed by atoms with van der Waals surface area (Å²) in [6, 6.07) is 9.58. The third-order valence-corrected chi connectivity index (χ3v) is 2.03. The lowest BCUT2D eigenvalue weighted by atomic mass is 10.2. The highest BCUT2D eigenvalue weighted by Gasteiger charge is 2.04. The summed E-state index contributed by atoms with van der Waals surface area (Å²) in [5.74, 6) is -0.367. The van der Waals surface area contributed by atoms with Crippen molar-refractivity contribution in [3.05, 3.63) is 60.2 Å². The molecule has 0 saturated heterocycles. The average molecular weight is 216 g/mol. The van der Waals surface area contributed by atoms with Gasteiger partial charge in [-0.15, -0.1) is 0 Å². The van der Waals surface area contributed by atoms with Crippen LogP contribution in [0.2, 0.25) is 0 Å². The van der Waals surface area contributed by atoms with Gasteiger partial charge < -0.3 is 4.74 Å². The third kappa shape index (κ3) is 4.13. The van der Waals surface area contributed by atoms with Crippen LogP contribution in [0.5, 0.6) is 0 Å². The molecular formula is C14H16O2. The van der Waals surface area contributed by atoms with E-state index in [0.29, 0.717) is 12.2 Å². The van der Waals surface area contributed by atoms with E-state index in [2.05, 4.69) is 6.58 Å². The molecule has 0 N–H and O–H groups in total. The molecule has 0 bridgehead atoms. The standard InChI is InChI=1S/C14H16O2/c1-3-4-8-12(2)14(15)16-11-13-9-6-5-7-10-13/h4-10H,2-3,11H2,1H3/b8-4-. The van der Waals surface area contributed by atoms with Crippen LogP contribution in [0.1, 0.15) is 18.9 Å². The molecule has 1 aromatic carbocycles. The van der Waals surface area contributed by atoms with E-state index in [1.807, 2.05) is 43.3 Å². The highest BCUT2D eigenvalue weighted by molar-refractivity contribution is 5.90. The Balaban J connectivity index is 2.41. The van der Waals surface area contributed by atoms with Gasteiger partial charge >= 0.3 is 5.97 Å². The Morgan fingerprint density at radius 2 is 2.06 bits per heavy atom. The zero-order valence-electron chi connectivity index (χ0n) is 9.48. The Kier molecular flexibility index (Phi) is 5.06. The van der Waals surface area contributed by atoms with Crippen molar-refractivity contribution in [2.24, 2.45) is 0 Å². The molecule has 0 amide bonds. The highest BCUT2D eigenvalue weighted by atomic mass is 16.5. The fourth-order valence-corrected chi connectivity index (χ4v) is 1.14. The summed E-state index contributed by atoms with van der Waals surface area (Å²) in [5, 5.41) is 0. The second kappa shape index (κ2) is 6.62. The van der Waals surface area contributed by atoms with Crippen molar-refractivity contribution >= 4 is 5.97 Å². The van der Waals surface area contributed by atoms with Crippen LogP contribution < -0.4 is 0 Å². The smallest absolute Gasteiger partial charge is 0.337 e. The molecule has 0 atom stereocenters. The lowest BCUT2D eigenvalue weighted by Gasteiger charge is -2.04. The molecule has 0 radical (unpaired) electrons. The summed E-state index contributed by atoms with van der Waals surface area (Å²) in [6.45, 7) is 5.93. The summed E-state index contributed by atoms with van der Waals surface area (Å²) in [5.41, 5.74) is 1.36. The summed E-state index contributed by atoms with van der Waals surface area (Å²) >= 11 is 0. The number of rotatable bonds is 5. The quantitative estimate of drug-likeness (QED) is 0.429. The Bertz CT molecular complexity index is 377. The van der Waals surface area contributed by atoms with Crippen molar-refractivity contribution in [1.29, 1.82) is 0 Å². The second-order valence-corrected chi connectivity index (χ2v) is 3.40. The third-order valence-electron chi connectivity index (χ3n) is 2.03. The molecule has 1 rings (SSSR count). The number of carbonyl (C=O) groups is 1. The lowest BCUT2D eigenvalue weighted by molar-refractivity contribution is -0.139. The molecule has 16 heavy (non-hydrogen) atoms.